The minimum Gasteiger partial charge on any atom is -0.258 e. The van der Waals surface area contributed by atoms with E-state index < -0.39 is 9.85 Å². The molecule has 1 saturated carbocycles. The van der Waals surface area contributed by atoms with Gasteiger partial charge in [0.2, 0.25) is 0 Å². The lowest BCUT2D eigenvalue weighted by Gasteiger charge is -2.21. The number of non-ortho nitro benzene ring substituents is 1. The maximum atomic E-state index is 11.0. The molecule has 1 aromatic carbocycles. The van der Waals surface area contributed by atoms with Crippen molar-refractivity contribution in [2.24, 2.45) is 0 Å². The van der Waals surface area contributed by atoms with E-state index in [0.717, 1.165) is 38.2 Å². The highest BCUT2D eigenvalue weighted by Crippen LogP contribution is 2.38. The van der Waals surface area contributed by atoms with Gasteiger partial charge in [-0.2, -0.15) is 0 Å². The van der Waals surface area contributed by atoms with Crippen LogP contribution in [0.3, 0.4) is 0 Å². The first-order valence-electron chi connectivity index (χ1n) is 6.02. The number of rotatable bonds is 3. The van der Waals surface area contributed by atoms with Crippen LogP contribution in [0.25, 0.3) is 0 Å². The van der Waals surface area contributed by atoms with Crippen molar-refractivity contribution in [1.29, 1.82) is 0 Å². The summed E-state index contributed by atoms with van der Waals surface area (Å²) in [5.74, 6) is 0.167. The maximum absolute atomic E-state index is 11.0. The first-order valence-corrected chi connectivity index (χ1v) is 6.02. The van der Waals surface area contributed by atoms with Crippen LogP contribution in [0.2, 0.25) is 0 Å². The van der Waals surface area contributed by atoms with E-state index in [1.165, 1.54) is 6.07 Å². The summed E-state index contributed by atoms with van der Waals surface area (Å²) in [6.45, 7) is 0. The van der Waals surface area contributed by atoms with Gasteiger partial charge in [-0.1, -0.05) is 19.3 Å². The second-order valence-electron chi connectivity index (χ2n) is 4.59. The highest BCUT2D eigenvalue weighted by atomic mass is 16.6. The van der Waals surface area contributed by atoms with Gasteiger partial charge in [0.05, 0.1) is 15.9 Å². The van der Waals surface area contributed by atoms with Gasteiger partial charge < -0.3 is 0 Å². The molecule has 0 unspecified atom stereocenters. The third kappa shape index (κ3) is 2.47. The molecular formula is C12H14N2O4. The van der Waals surface area contributed by atoms with Crippen molar-refractivity contribution < 1.29 is 9.85 Å². The predicted octanol–water partition coefficient (Wildman–Crippen LogP) is 3.55. The van der Waals surface area contributed by atoms with Crippen LogP contribution < -0.4 is 0 Å². The molecule has 6 heteroatoms. The summed E-state index contributed by atoms with van der Waals surface area (Å²) in [5, 5.41) is 21.7. The number of benzene rings is 1. The average molecular weight is 250 g/mol. The van der Waals surface area contributed by atoms with Crippen LogP contribution in [0.15, 0.2) is 18.2 Å². The molecule has 0 amide bonds. The SMILES string of the molecule is O=[N+]([O-])c1ccc(C2CCCCC2)c([N+](=O)[O-])c1. The Balaban J connectivity index is 2.39. The van der Waals surface area contributed by atoms with Crippen molar-refractivity contribution in [3.8, 4) is 0 Å². The molecule has 0 saturated heterocycles. The zero-order valence-corrected chi connectivity index (χ0v) is 9.87. The van der Waals surface area contributed by atoms with Crippen molar-refractivity contribution in [2.45, 2.75) is 38.0 Å². The minimum absolute atomic E-state index is 0.115. The minimum atomic E-state index is -0.600. The Labute approximate surface area is 104 Å². The smallest absolute Gasteiger partial charge is 0.258 e. The number of nitrogens with zero attached hydrogens (tertiary/aromatic N) is 2. The lowest BCUT2D eigenvalue weighted by molar-refractivity contribution is -0.394. The van der Waals surface area contributed by atoms with Gasteiger partial charge in [-0.3, -0.25) is 20.2 Å². The molecule has 0 spiro atoms. The van der Waals surface area contributed by atoms with Crippen LogP contribution in [-0.4, -0.2) is 9.85 Å². The summed E-state index contributed by atoms with van der Waals surface area (Å²) < 4.78 is 0. The molecule has 1 aromatic rings. The van der Waals surface area contributed by atoms with E-state index in [1.54, 1.807) is 6.07 Å². The Bertz CT molecular complexity index is 481. The van der Waals surface area contributed by atoms with Gasteiger partial charge in [-0.25, -0.2) is 0 Å². The van der Waals surface area contributed by atoms with Gasteiger partial charge in [0.15, 0.2) is 0 Å². The molecule has 2 rings (SSSR count). The molecule has 0 N–H and O–H groups in total. The molecule has 1 aliphatic carbocycles. The Morgan fingerprint density at radius 1 is 1.00 bits per heavy atom. The van der Waals surface area contributed by atoms with E-state index >= 15 is 0 Å². The van der Waals surface area contributed by atoms with Crippen molar-refractivity contribution >= 4 is 11.4 Å². The largest absolute Gasteiger partial charge is 0.279 e. The summed E-state index contributed by atoms with van der Waals surface area (Å²) >= 11 is 0. The number of nitro groups is 2. The van der Waals surface area contributed by atoms with Crippen LogP contribution in [0.1, 0.15) is 43.6 Å². The third-order valence-corrected chi connectivity index (χ3v) is 3.47. The van der Waals surface area contributed by atoms with Crippen LogP contribution in [0, 0.1) is 20.2 Å². The van der Waals surface area contributed by atoms with E-state index in [0.29, 0.717) is 5.56 Å². The fourth-order valence-corrected chi connectivity index (χ4v) is 2.56. The van der Waals surface area contributed by atoms with E-state index in [9.17, 15) is 20.2 Å². The first kappa shape index (κ1) is 12.5. The van der Waals surface area contributed by atoms with E-state index in [1.807, 2.05) is 0 Å². The van der Waals surface area contributed by atoms with E-state index in [-0.39, 0.29) is 17.3 Å². The Morgan fingerprint density at radius 3 is 2.22 bits per heavy atom. The summed E-state index contributed by atoms with van der Waals surface area (Å²) in [6.07, 6.45) is 5.16. The Hall–Kier alpha value is -1.98. The van der Waals surface area contributed by atoms with Gasteiger partial charge >= 0.3 is 0 Å². The van der Waals surface area contributed by atoms with Crippen molar-refractivity contribution in [1.82, 2.24) is 0 Å². The molecular weight excluding hydrogens is 236 g/mol. The predicted molar refractivity (Wildman–Crippen MR) is 65.6 cm³/mol. The van der Waals surface area contributed by atoms with Crippen LogP contribution in [0.5, 0.6) is 0 Å². The van der Waals surface area contributed by atoms with Crippen molar-refractivity contribution in [2.75, 3.05) is 0 Å². The third-order valence-electron chi connectivity index (χ3n) is 3.47. The van der Waals surface area contributed by atoms with Gasteiger partial charge in [0, 0.05) is 11.6 Å². The molecule has 18 heavy (non-hydrogen) atoms. The van der Waals surface area contributed by atoms with Gasteiger partial charge in [-0.15, -0.1) is 0 Å². The molecule has 0 heterocycles. The van der Waals surface area contributed by atoms with Crippen LogP contribution >= 0.6 is 0 Å². The molecule has 1 aliphatic rings. The zero-order chi connectivity index (χ0) is 13.1. The number of hydrogen-bond acceptors (Lipinski definition) is 4. The Morgan fingerprint density at radius 2 is 1.67 bits per heavy atom. The molecule has 0 radical (unpaired) electrons. The van der Waals surface area contributed by atoms with E-state index in [2.05, 4.69) is 0 Å². The topological polar surface area (TPSA) is 86.3 Å². The molecule has 0 aromatic heterocycles. The monoisotopic (exact) mass is 250 g/mol. The highest BCUT2D eigenvalue weighted by molar-refractivity contribution is 5.50. The molecule has 96 valence electrons. The first-order chi connectivity index (χ1) is 8.59. The lowest BCUT2D eigenvalue weighted by Crippen LogP contribution is -2.07. The van der Waals surface area contributed by atoms with Crippen LogP contribution in [-0.2, 0) is 0 Å². The number of nitro benzene ring substituents is 2. The zero-order valence-electron chi connectivity index (χ0n) is 9.87. The van der Waals surface area contributed by atoms with Crippen molar-refractivity contribution in [3.05, 3.63) is 44.0 Å². The fraction of sp³-hybridized carbons (Fsp3) is 0.500. The normalized spacial score (nSPS) is 16.4. The van der Waals surface area contributed by atoms with E-state index in [4.69, 9.17) is 0 Å². The second-order valence-corrected chi connectivity index (χ2v) is 4.59. The molecule has 0 bridgehead atoms. The van der Waals surface area contributed by atoms with Gasteiger partial charge in [-0.05, 0) is 24.8 Å². The molecule has 1 fully saturated rings. The molecule has 0 atom stereocenters. The summed E-state index contributed by atoms with van der Waals surface area (Å²) in [6, 6.07) is 3.98. The van der Waals surface area contributed by atoms with Gasteiger partial charge in [0.25, 0.3) is 11.4 Å². The maximum Gasteiger partial charge on any atom is 0.279 e. The molecule has 6 nitrogen and oxygen atoms in total. The van der Waals surface area contributed by atoms with Gasteiger partial charge in [0.1, 0.15) is 0 Å². The highest BCUT2D eigenvalue weighted by Gasteiger charge is 2.26. The molecule has 0 aliphatic heterocycles. The summed E-state index contributed by atoms with van der Waals surface area (Å²) in [4.78, 5) is 20.6. The van der Waals surface area contributed by atoms with Crippen molar-refractivity contribution in [3.63, 3.8) is 0 Å². The summed E-state index contributed by atoms with van der Waals surface area (Å²) in [5.41, 5.74) is 0.308. The lowest BCUT2D eigenvalue weighted by atomic mass is 9.83. The van der Waals surface area contributed by atoms with Crippen LogP contribution in [0.4, 0.5) is 11.4 Å². The fourth-order valence-electron chi connectivity index (χ4n) is 2.56. The number of hydrogen-bond donors (Lipinski definition) is 0. The second kappa shape index (κ2) is 5.12. The Kier molecular flexibility index (Phi) is 3.55. The quantitative estimate of drug-likeness (QED) is 0.606. The standard InChI is InChI=1S/C12H14N2O4/c15-13(16)10-6-7-11(12(8-10)14(17)18)9-4-2-1-3-5-9/h6-9H,1-5H2. The average Bonchev–Trinajstić information content (AvgIpc) is 2.39. The summed E-state index contributed by atoms with van der Waals surface area (Å²) in [7, 11) is 0.